The van der Waals surface area contributed by atoms with Crippen LogP contribution in [0.25, 0.3) is 16.4 Å². The lowest BCUT2D eigenvalue weighted by Gasteiger charge is -2.03. The third-order valence-corrected chi connectivity index (χ3v) is 4.60. The molecule has 0 unspecified atom stereocenters. The molecule has 12 nitrogen and oxygen atoms in total. The average Bonchev–Trinajstić information content (AvgIpc) is 3.42. The number of aromatic nitrogens is 5. The van der Waals surface area contributed by atoms with Crippen molar-refractivity contribution in [1.29, 1.82) is 0 Å². The summed E-state index contributed by atoms with van der Waals surface area (Å²) in [6, 6.07) is 7.54. The Balaban J connectivity index is 1.64. The van der Waals surface area contributed by atoms with E-state index in [0.29, 0.717) is 16.1 Å². The lowest BCUT2D eigenvalue weighted by atomic mass is 10.2. The van der Waals surface area contributed by atoms with Gasteiger partial charge in [0.2, 0.25) is 11.6 Å². The maximum Gasteiger partial charge on any atom is 0.294 e. The van der Waals surface area contributed by atoms with Gasteiger partial charge in [0.05, 0.1) is 11.1 Å². The molecule has 0 spiro atoms. The Morgan fingerprint density at radius 2 is 2.17 bits per heavy atom. The Kier molecular flexibility index (Phi) is 4.62. The predicted octanol–water partition coefficient (Wildman–Crippen LogP) is 1.14. The number of anilines is 1. The smallest absolute Gasteiger partial charge is 0.294 e. The van der Waals surface area contributed by atoms with E-state index >= 15 is 0 Å². The van der Waals surface area contributed by atoms with Crippen LogP contribution in [0.15, 0.2) is 45.4 Å². The van der Waals surface area contributed by atoms with Crippen LogP contribution in [0.1, 0.15) is 16.1 Å². The lowest BCUT2D eigenvalue weighted by Crippen LogP contribution is -2.19. The van der Waals surface area contributed by atoms with Gasteiger partial charge in [0, 0.05) is 11.6 Å². The molecule has 0 aliphatic carbocycles. The van der Waals surface area contributed by atoms with Gasteiger partial charge in [-0.05, 0) is 33.9 Å². The van der Waals surface area contributed by atoms with E-state index in [4.69, 9.17) is 5.73 Å². The van der Waals surface area contributed by atoms with Crippen molar-refractivity contribution in [1.82, 2.24) is 30.7 Å². The number of nitrogen functional groups attached to an aromatic ring is 1. The molecule has 3 heterocycles. The Morgan fingerprint density at radius 3 is 2.86 bits per heavy atom. The SMILES string of the molecule is Nc1nonc1-n1nnc(C(=O)N/N=C/c2ccc(O)cc2O)c1-c1cccs1. The van der Waals surface area contributed by atoms with Gasteiger partial charge in [0.25, 0.3) is 5.91 Å². The van der Waals surface area contributed by atoms with Crippen molar-refractivity contribution in [3.63, 3.8) is 0 Å². The van der Waals surface area contributed by atoms with Crippen LogP contribution in [0, 0.1) is 0 Å². The quantitative estimate of drug-likeness (QED) is 0.276. The summed E-state index contributed by atoms with van der Waals surface area (Å²) in [7, 11) is 0. The monoisotopic (exact) mass is 412 g/mol. The first-order valence-electron chi connectivity index (χ1n) is 7.98. The maximum atomic E-state index is 12.6. The van der Waals surface area contributed by atoms with Crippen molar-refractivity contribution in [3.8, 4) is 27.9 Å². The second-order valence-electron chi connectivity index (χ2n) is 5.59. The number of benzene rings is 1. The number of hydrogen-bond donors (Lipinski definition) is 4. The number of carbonyl (C=O) groups is 1. The van der Waals surface area contributed by atoms with E-state index in [9.17, 15) is 15.0 Å². The highest BCUT2D eigenvalue weighted by Crippen LogP contribution is 2.29. The number of hydrazone groups is 1. The molecule has 0 saturated carbocycles. The molecule has 3 aromatic heterocycles. The van der Waals surface area contributed by atoms with Gasteiger partial charge < -0.3 is 15.9 Å². The fourth-order valence-electron chi connectivity index (χ4n) is 2.41. The van der Waals surface area contributed by atoms with Gasteiger partial charge in [-0.15, -0.1) is 16.4 Å². The second kappa shape index (κ2) is 7.40. The largest absolute Gasteiger partial charge is 0.508 e. The second-order valence-corrected chi connectivity index (χ2v) is 6.54. The summed E-state index contributed by atoms with van der Waals surface area (Å²) in [5.74, 6) is -0.855. The van der Waals surface area contributed by atoms with Crippen LogP contribution in [0.2, 0.25) is 0 Å². The zero-order chi connectivity index (χ0) is 20.4. The zero-order valence-corrected chi connectivity index (χ0v) is 15.2. The molecule has 0 radical (unpaired) electrons. The molecule has 0 aliphatic heterocycles. The number of nitrogens with two attached hydrogens (primary N) is 1. The van der Waals surface area contributed by atoms with Crippen molar-refractivity contribution in [2.75, 3.05) is 5.73 Å². The van der Waals surface area contributed by atoms with Gasteiger partial charge >= 0.3 is 0 Å². The minimum Gasteiger partial charge on any atom is -0.508 e. The first kappa shape index (κ1) is 18.1. The Labute approximate surface area is 165 Å². The number of nitrogens with zero attached hydrogens (tertiary/aromatic N) is 6. The third kappa shape index (κ3) is 3.49. The maximum absolute atomic E-state index is 12.6. The summed E-state index contributed by atoms with van der Waals surface area (Å²) in [5.41, 5.74) is 8.66. The number of nitrogens with one attached hydrogen (secondary N) is 1. The number of phenolic OH excluding ortho intramolecular Hbond substituents is 2. The van der Waals surface area contributed by atoms with Gasteiger partial charge in [-0.1, -0.05) is 11.3 Å². The highest BCUT2D eigenvalue weighted by atomic mass is 32.1. The topological polar surface area (TPSA) is 178 Å². The highest BCUT2D eigenvalue weighted by molar-refractivity contribution is 7.13. The molecular formula is C16H12N8O4S. The van der Waals surface area contributed by atoms with E-state index in [-0.39, 0.29) is 28.8 Å². The molecule has 0 aliphatic rings. The molecular weight excluding hydrogens is 400 g/mol. The molecule has 0 fully saturated rings. The third-order valence-electron chi connectivity index (χ3n) is 3.72. The summed E-state index contributed by atoms with van der Waals surface area (Å²) in [6.07, 6.45) is 1.22. The fraction of sp³-hybridized carbons (Fsp3) is 0. The molecule has 4 rings (SSSR count). The van der Waals surface area contributed by atoms with E-state index in [1.807, 2.05) is 5.38 Å². The van der Waals surface area contributed by atoms with Gasteiger partial charge in [0.15, 0.2) is 5.69 Å². The summed E-state index contributed by atoms with van der Waals surface area (Å²) >= 11 is 1.36. The van der Waals surface area contributed by atoms with Crippen LogP contribution < -0.4 is 11.2 Å². The van der Waals surface area contributed by atoms with Crippen LogP contribution >= 0.6 is 11.3 Å². The average molecular weight is 412 g/mol. The number of carbonyl (C=O) groups excluding carboxylic acids is 1. The number of rotatable bonds is 5. The number of aromatic hydroxyl groups is 2. The molecule has 0 bridgehead atoms. The van der Waals surface area contributed by atoms with Crippen molar-refractivity contribution in [3.05, 3.63) is 47.0 Å². The minimum atomic E-state index is -0.649. The van der Waals surface area contributed by atoms with Crippen molar-refractivity contribution < 1.29 is 19.6 Å². The Hall–Kier alpha value is -4.26. The number of amides is 1. The number of thiophene rings is 1. The first-order valence-corrected chi connectivity index (χ1v) is 8.86. The Bertz CT molecular complexity index is 1200. The highest BCUT2D eigenvalue weighted by Gasteiger charge is 2.25. The molecule has 1 amide bonds. The van der Waals surface area contributed by atoms with E-state index in [2.05, 4.69) is 35.8 Å². The van der Waals surface area contributed by atoms with Crippen LogP contribution in [-0.2, 0) is 0 Å². The van der Waals surface area contributed by atoms with E-state index in [0.717, 1.165) is 6.07 Å². The van der Waals surface area contributed by atoms with Crippen molar-refractivity contribution >= 4 is 29.3 Å². The number of phenols is 2. The van der Waals surface area contributed by atoms with Gasteiger partial charge in [-0.2, -0.15) is 9.78 Å². The van der Waals surface area contributed by atoms with Crippen LogP contribution in [0.3, 0.4) is 0 Å². The van der Waals surface area contributed by atoms with Crippen LogP contribution in [0.4, 0.5) is 5.82 Å². The summed E-state index contributed by atoms with van der Waals surface area (Å²) in [5, 5.41) is 39.7. The van der Waals surface area contributed by atoms with Crippen molar-refractivity contribution in [2.24, 2.45) is 5.10 Å². The van der Waals surface area contributed by atoms with Crippen LogP contribution in [0.5, 0.6) is 11.5 Å². The zero-order valence-electron chi connectivity index (χ0n) is 14.4. The summed E-state index contributed by atoms with van der Waals surface area (Å²) in [6.45, 7) is 0. The first-order chi connectivity index (χ1) is 14.0. The van der Waals surface area contributed by atoms with Crippen LogP contribution in [-0.4, -0.2) is 47.6 Å². The molecule has 4 aromatic rings. The summed E-state index contributed by atoms with van der Waals surface area (Å²) in [4.78, 5) is 13.3. The fourth-order valence-corrected chi connectivity index (χ4v) is 3.17. The molecule has 1 aromatic carbocycles. The van der Waals surface area contributed by atoms with E-state index in [1.54, 1.807) is 12.1 Å². The standard InChI is InChI=1S/C16H12N8O4S/c17-14-15(22-28-21-14)24-13(11-2-1-5-29-11)12(19-23-24)16(27)20-18-7-8-3-4-9(25)6-10(8)26/h1-7,25-26H,(H2,17,21)(H,20,27)/b18-7+. The van der Waals surface area contributed by atoms with E-state index < -0.39 is 5.91 Å². The van der Waals surface area contributed by atoms with Gasteiger partial charge in [-0.3, -0.25) is 4.79 Å². The van der Waals surface area contributed by atoms with Crippen molar-refractivity contribution in [2.45, 2.75) is 0 Å². The molecule has 146 valence electrons. The molecule has 13 heteroatoms. The lowest BCUT2D eigenvalue weighted by molar-refractivity contribution is 0.0950. The normalized spacial score (nSPS) is 11.2. The predicted molar refractivity (Wildman–Crippen MR) is 102 cm³/mol. The molecule has 29 heavy (non-hydrogen) atoms. The number of hydrogen-bond acceptors (Lipinski definition) is 11. The van der Waals surface area contributed by atoms with E-state index in [1.165, 1.54) is 34.4 Å². The molecule has 5 N–H and O–H groups in total. The Morgan fingerprint density at radius 1 is 1.31 bits per heavy atom. The summed E-state index contributed by atoms with van der Waals surface area (Å²) < 4.78 is 5.85. The molecule has 0 atom stereocenters. The minimum absolute atomic E-state index is 0.0134. The molecule has 0 saturated heterocycles. The van der Waals surface area contributed by atoms with Gasteiger partial charge in [-0.25, -0.2) is 10.1 Å². The van der Waals surface area contributed by atoms with Gasteiger partial charge in [0.1, 0.15) is 17.2 Å².